The van der Waals surface area contributed by atoms with Crippen LogP contribution in [0.2, 0.25) is 0 Å². The van der Waals surface area contributed by atoms with Crippen molar-refractivity contribution in [2.75, 3.05) is 11.9 Å². The third kappa shape index (κ3) is 7.48. The van der Waals surface area contributed by atoms with E-state index in [-0.39, 0.29) is 17.3 Å². The van der Waals surface area contributed by atoms with Crippen LogP contribution < -0.4 is 10.6 Å². The summed E-state index contributed by atoms with van der Waals surface area (Å²) in [6.07, 6.45) is 0.613. The van der Waals surface area contributed by atoms with E-state index in [1.807, 2.05) is 49.9 Å². The fraction of sp³-hybridized carbons (Fsp3) is 0.395. The standard InChI is InChI=1S/C38H43FN4O5/c1-36(2,3)26-8-7-9-27(21-26)38(18-19-38)43-23-32(46-35(43)45)30(41-34(44)47-37(4,5)6)20-24-10-16-29(17-11-24)40-33-22-31(48-42-33)25-12-14-28(39)15-13-25/h7-17,21-22,30,32H,18-20,23H2,1-6H3,(H,40,42)(H,41,44)/t30-,32?/m0/s1. The van der Waals surface area contributed by atoms with Crippen molar-refractivity contribution >= 4 is 23.7 Å². The third-order valence-electron chi connectivity index (χ3n) is 8.81. The van der Waals surface area contributed by atoms with Crippen LogP contribution in [0.25, 0.3) is 11.3 Å². The van der Waals surface area contributed by atoms with E-state index in [0.29, 0.717) is 30.1 Å². The van der Waals surface area contributed by atoms with Crippen molar-refractivity contribution in [2.24, 2.45) is 0 Å². The zero-order valence-corrected chi connectivity index (χ0v) is 28.3. The lowest BCUT2D eigenvalue weighted by Crippen LogP contribution is -2.48. The van der Waals surface area contributed by atoms with Gasteiger partial charge in [-0.25, -0.2) is 14.0 Å². The quantitative estimate of drug-likeness (QED) is 0.187. The Hall–Kier alpha value is -4.86. The van der Waals surface area contributed by atoms with Gasteiger partial charge in [-0.15, -0.1) is 0 Å². The van der Waals surface area contributed by atoms with E-state index in [9.17, 15) is 14.0 Å². The number of anilines is 2. The largest absolute Gasteiger partial charge is 0.444 e. The van der Waals surface area contributed by atoms with Crippen molar-refractivity contribution in [3.63, 3.8) is 0 Å². The summed E-state index contributed by atoms with van der Waals surface area (Å²) in [5.74, 6) is 0.698. The molecule has 1 aromatic heterocycles. The summed E-state index contributed by atoms with van der Waals surface area (Å²) >= 11 is 0. The van der Waals surface area contributed by atoms with Crippen LogP contribution in [0, 0.1) is 5.82 Å². The summed E-state index contributed by atoms with van der Waals surface area (Å²) < 4.78 is 30.3. The first kappa shape index (κ1) is 33.1. The first-order valence-corrected chi connectivity index (χ1v) is 16.4. The first-order valence-electron chi connectivity index (χ1n) is 16.4. The predicted molar refractivity (Wildman–Crippen MR) is 182 cm³/mol. The predicted octanol–water partition coefficient (Wildman–Crippen LogP) is 8.47. The highest BCUT2D eigenvalue weighted by Gasteiger charge is 2.56. The van der Waals surface area contributed by atoms with Gasteiger partial charge in [-0.2, -0.15) is 0 Å². The zero-order valence-electron chi connectivity index (χ0n) is 28.3. The Morgan fingerprint density at radius 3 is 2.38 bits per heavy atom. The Bertz CT molecular complexity index is 1770. The molecule has 6 rings (SSSR count). The van der Waals surface area contributed by atoms with Crippen LogP contribution in [-0.4, -0.2) is 46.5 Å². The molecule has 1 saturated carbocycles. The van der Waals surface area contributed by atoms with Gasteiger partial charge in [0.05, 0.1) is 18.1 Å². The normalized spacial score (nSPS) is 17.9. The molecule has 0 radical (unpaired) electrons. The van der Waals surface area contributed by atoms with Crippen molar-refractivity contribution in [2.45, 2.75) is 89.5 Å². The molecule has 2 aliphatic rings. The highest BCUT2D eigenvalue weighted by Crippen LogP contribution is 2.53. The maximum absolute atomic E-state index is 13.4. The molecule has 48 heavy (non-hydrogen) atoms. The molecule has 1 unspecified atom stereocenters. The van der Waals surface area contributed by atoms with Gasteiger partial charge in [0, 0.05) is 17.3 Å². The molecular weight excluding hydrogens is 611 g/mol. The Morgan fingerprint density at radius 1 is 1.02 bits per heavy atom. The number of carbonyl (C=O) groups excluding carboxylic acids is 2. The Morgan fingerprint density at radius 2 is 1.73 bits per heavy atom. The summed E-state index contributed by atoms with van der Waals surface area (Å²) in [6.45, 7) is 12.3. The second-order valence-electron chi connectivity index (χ2n) is 14.8. The minimum absolute atomic E-state index is 0.0182. The smallest absolute Gasteiger partial charge is 0.411 e. The van der Waals surface area contributed by atoms with E-state index in [1.54, 1.807) is 18.2 Å². The van der Waals surface area contributed by atoms with Gasteiger partial charge < -0.3 is 24.6 Å². The average molecular weight is 655 g/mol. The molecular formula is C38H43FN4O5. The number of alkyl carbamates (subject to hydrolysis) is 1. The summed E-state index contributed by atoms with van der Waals surface area (Å²) in [7, 11) is 0. The van der Waals surface area contributed by atoms with E-state index in [2.05, 4.69) is 60.8 Å². The fourth-order valence-electron chi connectivity index (χ4n) is 6.10. The SMILES string of the molecule is CC(C)(C)OC(=O)N[C@@H](Cc1ccc(Nc2cc(-c3ccc(F)cc3)on2)cc1)C1CN(C2(c3cccc(C(C)(C)C)c3)CC2)C(=O)O1. The first-order chi connectivity index (χ1) is 22.7. The molecule has 1 aliphatic heterocycles. The van der Waals surface area contributed by atoms with Crippen LogP contribution in [0.4, 0.5) is 25.5 Å². The van der Waals surface area contributed by atoms with Crippen LogP contribution in [0.3, 0.4) is 0 Å². The molecule has 2 atom stereocenters. The second kappa shape index (κ2) is 12.6. The maximum Gasteiger partial charge on any atom is 0.411 e. The van der Waals surface area contributed by atoms with E-state index >= 15 is 0 Å². The van der Waals surface area contributed by atoms with Gasteiger partial charge in [0.15, 0.2) is 11.6 Å². The van der Waals surface area contributed by atoms with Crippen molar-refractivity contribution in [1.82, 2.24) is 15.4 Å². The molecule has 10 heteroatoms. The Labute approximate surface area is 280 Å². The lowest BCUT2D eigenvalue weighted by atomic mass is 9.85. The molecule has 2 amide bonds. The number of halogens is 1. The summed E-state index contributed by atoms with van der Waals surface area (Å²) in [4.78, 5) is 28.3. The topological polar surface area (TPSA) is 106 Å². The molecule has 9 nitrogen and oxygen atoms in total. The molecule has 252 valence electrons. The van der Waals surface area contributed by atoms with Crippen molar-refractivity contribution in [3.05, 3.63) is 101 Å². The highest BCUT2D eigenvalue weighted by atomic mass is 19.1. The molecule has 2 N–H and O–H groups in total. The highest BCUT2D eigenvalue weighted by molar-refractivity contribution is 5.73. The number of hydrogen-bond donors (Lipinski definition) is 2. The number of rotatable bonds is 9. The van der Waals surface area contributed by atoms with E-state index in [0.717, 1.165) is 29.7 Å². The molecule has 0 bridgehead atoms. The molecule has 2 fully saturated rings. The lowest BCUT2D eigenvalue weighted by molar-refractivity contribution is 0.0436. The third-order valence-corrected chi connectivity index (χ3v) is 8.81. The molecule has 1 saturated heterocycles. The number of ether oxygens (including phenoxy) is 2. The molecule has 3 aromatic carbocycles. The molecule has 2 heterocycles. The van der Waals surface area contributed by atoms with E-state index in [1.165, 1.54) is 17.7 Å². The van der Waals surface area contributed by atoms with Crippen LogP contribution in [0.5, 0.6) is 0 Å². The van der Waals surface area contributed by atoms with Crippen LogP contribution in [-0.2, 0) is 26.8 Å². The molecule has 1 aliphatic carbocycles. The molecule has 0 spiro atoms. The van der Waals surface area contributed by atoms with Crippen molar-refractivity contribution < 1.29 is 28.0 Å². The van der Waals surface area contributed by atoms with Gasteiger partial charge in [-0.3, -0.25) is 4.90 Å². The summed E-state index contributed by atoms with van der Waals surface area (Å²) in [5, 5.41) is 10.3. The lowest BCUT2D eigenvalue weighted by Gasteiger charge is -2.29. The number of nitrogens with one attached hydrogen (secondary N) is 2. The van der Waals surface area contributed by atoms with Crippen molar-refractivity contribution in [1.29, 1.82) is 0 Å². The zero-order chi connectivity index (χ0) is 34.3. The van der Waals surface area contributed by atoms with Gasteiger partial charge in [-0.05, 0) is 98.5 Å². The van der Waals surface area contributed by atoms with Crippen LogP contribution in [0.15, 0.2) is 83.4 Å². The number of cyclic esters (lactones) is 1. The monoisotopic (exact) mass is 654 g/mol. The molecule has 4 aromatic rings. The fourth-order valence-corrected chi connectivity index (χ4v) is 6.10. The van der Waals surface area contributed by atoms with Gasteiger partial charge in [0.1, 0.15) is 17.5 Å². The van der Waals surface area contributed by atoms with Gasteiger partial charge in [-0.1, -0.05) is 62.3 Å². The van der Waals surface area contributed by atoms with Gasteiger partial charge in [0.25, 0.3) is 0 Å². The number of hydrogen-bond acceptors (Lipinski definition) is 7. The number of aromatic nitrogens is 1. The number of amides is 2. The Balaban J connectivity index is 1.17. The Kier molecular flexibility index (Phi) is 8.70. The number of carbonyl (C=O) groups is 2. The van der Waals surface area contributed by atoms with Gasteiger partial charge in [0.2, 0.25) is 0 Å². The van der Waals surface area contributed by atoms with E-state index < -0.39 is 29.4 Å². The van der Waals surface area contributed by atoms with Crippen LogP contribution >= 0.6 is 0 Å². The van der Waals surface area contributed by atoms with Gasteiger partial charge >= 0.3 is 12.2 Å². The summed E-state index contributed by atoms with van der Waals surface area (Å²) in [6, 6.07) is 23.4. The second-order valence-corrected chi connectivity index (χ2v) is 14.8. The number of nitrogens with zero attached hydrogens (tertiary/aromatic N) is 2. The van der Waals surface area contributed by atoms with Crippen LogP contribution in [0.1, 0.15) is 71.1 Å². The number of benzene rings is 3. The minimum atomic E-state index is -0.686. The summed E-state index contributed by atoms with van der Waals surface area (Å²) in [5.41, 5.74) is 3.65. The average Bonchev–Trinajstić information content (AvgIpc) is 3.53. The van der Waals surface area contributed by atoms with E-state index in [4.69, 9.17) is 14.0 Å². The van der Waals surface area contributed by atoms with Crippen molar-refractivity contribution in [3.8, 4) is 11.3 Å². The maximum atomic E-state index is 13.4. The minimum Gasteiger partial charge on any atom is -0.444 e.